The predicted octanol–water partition coefficient (Wildman–Crippen LogP) is 3.35. The van der Waals surface area contributed by atoms with Crippen LogP contribution in [-0.2, 0) is 17.7 Å². The number of fused-ring (bicyclic) bond motifs is 1. The van der Waals surface area contributed by atoms with Crippen LogP contribution >= 0.6 is 0 Å². The molecule has 1 aromatic heterocycles. The first kappa shape index (κ1) is 15.1. The third-order valence-corrected chi connectivity index (χ3v) is 3.86. The summed E-state index contributed by atoms with van der Waals surface area (Å²) >= 11 is 0. The number of unbranched alkanes of at least 4 members (excludes halogenated alkanes) is 1. The monoisotopic (exact) mass is 274 g/mol. The fourth-order valence-corrected chi connectivity index (χ4v) is 2.53. The minimum absolute atomic E-state index is 0.262. The van der Waals surface area contributed by atoms with E-state index in [9.17, 15) is 0 Å². The van der Waals surface area contributed by atoms with E-state index in [1.165, 1.54) is 16.5 Å². The largest absolute Gasteiger partial charge is 0.385 e. The second-order valence-corrected chi connectivity index (χ2v) is 5.47. The zero-order chi connectivity index (χ0) is 14.4. The van der Waals surface area contributed by atoms with Gasteiger partial charge >= 0.3 is 0 Å². The maximum Gasteiger partial charge on any atom is 0.0483 e. The Hall–Kier alpha value is -1.32. The van der Waals surface area contributed by atoms with Gasteiger partial charge in [-0.15, -0.1) is 0 Å². The molecule has 0 saturated heterocycles. The Labute approximate surface area is 121 Å². The Balaban J connectivity index is 2.09. The van der Waals surface area contributed by atoms with Gasteiger partial charge in [0.2, 0.25) is 0 Å². The normalized spacial score (nSPS) is 12.9. The van der Waals surface area contributed by atoms with E-state index in [2.05, 4.69) is 42.0 Å². The zero-order valence-electron chi connectivity index (χ0n) is 12.6. The summed E-state index contributed by atoms with van der Waals surface area (Å²) in [5.41, 5.74) is 8.71. The van der Waals surface area contributed by atoms with E-state index < -0.39 is 0 Å². The number of benzene rings is 1. The zero-order valence-corrected chi connectivity index (χ0v) is 12.6. The number of hydrogen-bond acceptors (Lipinski definition) is 2. The van der Waals surface area contributed by atoms with Crippen molar-refractivity contribution in [3.63, 3.8) is 0 Å². The summed E-state index contributed by atoms with van der Waals surface area (Å²) in [6.07, 6.45) is 6.42. The van der Waals surface area contributed by atoms with Crippen molar-refractivity contribution in [3.05, 3.63) is 36.0 Å². The SMILES string of the molecule is CCC(N)Cc1ccc2ccn(CCCCOC)c2c1. The second-order valence-electron chi connectivity index (χ2n) is 5.47. The van der Waals surface area contributed by atoms with Gasteiger partial charge < -0.3 is 15.0 Å². The predicted molar refractivity (Wildman–Crippen MR) is 85.0 cm³/mol. The maximum absolute atomic E-state index is 6.06. The Morgan fingerprint density at radius 1 is 1.25 bits per heavy atom. The van der Waals surface area contributed by atoms with E-state index in [0.29, 0.717) is 0 Å². The first-order valence-electron chi connectivity index (χ1n) is 7.57. The second kappa shape index (κ2) is 7.46. The van der Waals surface area contributed by atoms with Crippen LogP contribution in [0.5, 0.6) is 0 Å². The van der Waals surface area contributed by atoms with Crippen molar-refractivity contribution in [1.82, 2.24) is 4.57 Å². The molecule has 0 aliphatic heterocycles. The molecular weight excluding hydrogens is 248 g/mol. The minimum Gasteiger partial charge on any atom is -0.385 e. The van der Waals surface area contributed by atoms with Crippen LogP contribution in [0, 0.1) is 0 Å². The molecule has 0 bridgehead atoms. The lowest BCUT2D eigenvalue weighted by atomic mass is 10.0. The molecule has 110 valence electrons. The van der Waals surface area contributed by atoms with E-state index in [0.717, 1.165) is 38.8 Å². The summed E-state index contributed by atoms with van der Waals surface area (Å²) < 4.78 is 7.44. The summed E-state index contributed by atoms with van der Waals surface area (Å²) in [4.78, 5) is 0. The minimum atomic E-state index is 0.262. The topological polar surface area (TPSA) is 40.2 Å². The molecule has 2 aromatic rings. The highest BCUT2D eigenvalue weighted by atomic mass is 16.5. The lowest BCUT2D eigenvalue weighted by Crippen LogP contribution is -2.21. The van der Waals surface area contributed by atoms with Crippen LogP contribution < -0.4 is 5.73 Å². The summed E-state index contributed by atoms with van der Waals surface area (Å²) in [7, 11) is 1.76. The molecule has 1 aromatic carbocycles. The number of nitrogens with two attached hydrogens (primary N) is 1. The molecule has 3 nitrogen and oxygen atoms in total. The van der Waals surface area contributed by atoms with Crippen molar-refractivity contribution in [1.29, 1.82) is 0 Å². The molecule has 1 unspecified atom stereocenters. The van der Waals surface area contributed by atoms with Gasteiger partial charge in [-0.2, -0.15) is 0 Å². The molecule has 3 heteroatoms. The summed E-state index contributed by atoms with van der Waals surface area (Å²) in [6.45, 7) is 4.04. The van der Waals surface area contributed by atoms with Crippen LogP contribution in [0.15, 0.2) is 30.5 Å². The van der Waals surface area contributed by atoms with Crippen molar-refractivity contribution >= 4 is 10.9 Å². The fourth-order valence-electron chi connectivity index (χ4n) is 2.53. The maximum atomic E-state index is 6.06. The van der Waals surface area contributed by atoms with Gasteiger partial charge in [-0.1, -0.05) is 19.1 Å². The van der Waals surface area contributed by atoms with Crippen molar-refractivity contribution in [2.45, 2.75) is 45.2 Å². The van der Waals surface area contributed by atoms with Gasteiger partial charge in [0, 0.05) is 38.0 Å². The number of aryl methyl sites for hydroxylation is 1. The first-order valence-corrected chi connectivity index (χ1v) is 7.57. The highest BCUT2D eigenvalue weighted by Gasteiger charge is 2.05. The highest BCUT2D eigenvalue weighted by Crippen LogP contribution is 2.19. The summed E-state index contributed by atoms with van der Waals surface area (Å²) in [6, 6.07) is 9.15. The van der Waals surface area contributed by atoms with E-state index >= 15 is 0 Å². The molecule has 0 fully saturated rings. The van der Waals surface area contributed by atoms with Gasteiger partial charge in [0.15, 0.2) is 0 Å². The molecule has 2 rings (SSSR count). The molecular formula is C17H26N2O. The quantitative estimate of drug-likeness (QED) is 0.750. The third-order valence-electron chi connectivity index (χ3n) is 3.86. The number of ether oxygens (including phenoxy) is 1. The molecule has 0 saturated carbocycles. The number of methoxy groups -OCH3 is 1. The smallest absolute Gasteiger partial charge is 0.0483 e. The van der Waals surface area contributed by atoms with Gasteiger partial charge in [0.05, 0.1) is 0 Å². The van der Waals surface area contributed by atoms with E-state index in [-0.39, 0.29) is 6.04 Å². The molecule has 0 spiro atoms. The van der Waals surface area contributed by atoms with Gasteiger partial charge in [-0.05, 0) is 48.8 Å². The average molecular weight is 274 g/mol. The van der Waals surface area contributed by atoms with E-state index in [1.807, 2.05) is 0 Å². The highest BCUT2D eigenvalue weighted by molar-refractivity contribution is 5.80. The van der Waals surface area contributed by atoms with Crippen LogP contribution in [0.2, 0.25) is 0 Å². The Morgan fingerprint density at radius 3 is 2.85 bits per heavy atom. The molecule has 2 N–H and O–H groups in total. The van der Waals surface area contributed by atoms with Crippen molar-refractivity contribution < 1.29 is 4.74 Å². The summed E-state index contributed by atoms with van der Waals surface area (Å²) in [5, 5.41) is 1.31. The van der Waals surface area contributed by atoms with Crippen molar-refractivity contribution in [2.75, 3.05) is 13.7 Å². The molecule has 1 atom stereocenters. The Kier molecular flexibility index (Phi) is 5.62. The van der Waals surface area contributed by atoms with Crippen molar-refractivity contribution in [3.8, 4) is 0 Å². The van der Waals surface area contributed by atoms with Crippen LogP contribution in [0.4, 0.5) is 0 Å². The van der Waals surface area contributed by atoms with Crippen LogP contribution in [0.25, 0.3) is 10.9 Å². The third kappa shape index (κ3) is 3.84. The van der Waals surface area contributed by atoms with Crippen LogP contribution in [-0.4, -0.2) is 24.3 Å². The average Bonchev–Trinajstić information content (AvgIpc) is 2.86. The van der Waals surface area contributed by atoms with Crippen molar-refractivity contribution in [2.24, 2.45) is 5.73 Å². The number of nitrogens with zero attached hydrogens (tertiary/aromatic N) is 1. The summed E-state index contributed by atoms with van der Waals surface area (Å²) in [5.74, 6) is 0. The molecule has 1 heterocycles. The van der Waals surface area contributed by atoms with Crippen LogP contribution in [0.1, 0.15) is 31.7 Å². The lowest BCUT2D eigenvalue weighted by molar-refractivity contribution is 0.191. The molecule has 0 aliphatic carbocycles. The fraction of sp³-hybridized carbons (Fsp3) is 0.529. The molecule has 0 aliphatic rings. The van der Waals surface area contributed by atoms with E-state index in [1.54, 1.807) is 7.11 Å². The molecule has 0 radical (unpaired) electrons. The Morgan fingerprint density at radius 2 is 2.10 bits per heavy atom. The van der Waals surface area contributed by atoms with Gasteiger partial charge in [0.1, 0.15) is 0 Å². The van der Waals surface area contributed by atoms with Gasteiger partial charge in [0.25, 0.3) is 0 Å². The number of hydrogen-bond donors (Lipinski definition) is 1. The van der Waals surface area contributed by atoms with Gasteiger partial charge in [-0.25, -0.2) is 0 Å². The first-order chi connectivity index (χ1) is 9.74. The molecule has 0 amide bonds. The lowest BCUT2D eigenvalue weighted by Gasteiger charge is -2.10. The number of aromatic nitrogens is 1. The van der Waals surface area contributed by atoms with E-state index in [4.69, 9.17) is 10.5 Å². The standard InChI is InChI=1S/C17H26N2O/c1-3-16(18)12-14-6-7-15-8-10-19(17(15)13-14)9-4-5-11-20-2/h6-8,10,13,16H,3-5,9,11-12,18H2,1-2H3. The number of rotatable bonds is 8. The molecule has 20 heavy (non-hydrogen) atoms. The van der Waals surface area contributed by atoms with Crippen LogP contribution in [0.3, 0.4) is 0 Å². The van der Waals surface area contributed by atoms with Gasteiger partial charge in [-0.3, -0.25) is 0 Å². The Bertz CT molecular complexity index is 533.